The van der Waals surface area contributed by atoms with Gasteiger partial charge in [0.15, 0.2) is 0 Å². The van der Waals surface area contributed by atoms with Crippen molar-refractivity contribution in [1.29, 1.82) is 0 Å². The van der Waals surface area contributed by atoms with Crippen molar-refractivity contribution in [3.05, 3.63) is 11.8 Å². The van der Waals surface area contributed by atoms with Crippen molar-refractivity contribution in [1.82, 2.24) is 5.16 Å². The topological polar surface area (TPSA) is 35.3 Å². The average molecular weight is 149 g/mol. The van der Waals surface area contributed by atoms with Gasteiger partial charge in [-0.2, -0.15) is 8.78 Å². The Kier molecular flexibility index (Phi) is 1.84. The number of aromatic nitrogens is 1. The minimum Gasteiger partial charge on any atom is -0.414 e. The van der Waals surface area contributed by atoms with Crippen LogP contribution >= 0.6 is 0 Å². The highest BCUT2D eigenvalue weighted by atomic mass is 19.3. The van der Waals surface area contributed by atoms with Crippen molar-refractivity contribution >= 4 is 0 Å². The van der Waals surface area contributed by atoms with E-state index in [9.17, 15) is 8.78 Å². The third-order valence-corrected chi connectivity index (χ3v) is 0.816. The Morgan fingerprint density at radius 1 is 1.70 bits per heavy atom. The number of nitrogens with zero attached hydrogens (tertiary/aromatic N) is 1. The van der Waals surface area contributed by atoms with Crippen molar-refractivity contribution in [2.75, 3.05) is 0 Å². The Balaban J connectivity index is 2.58. The van der Waals surface area contributed by atoms with Crippen LogP contribution in [0.1, 0.15) is 5.76 Å². The van der Waals surface area contributed by atoms with E-state index in [1.54, 1.807) is 6.92 Å². The Morgan fingerprint density at radius 3 is 2.80 bits per heavy atom. The van der Waals surface area contributed by atoms with Gasteiger partial charge in [0, 0.05) is 6.07 Å². The monoisotopic (exact) mass is 149 g/mol. The lowest BCUT2D eigenvalue weighted by Crippen LogP contribution is -2.01. The summed E-state index contributed by atoms with van der Waals surface area (Å²) < 4.78 is 31.2. The van der Waals surface area contributed by atoms with Crippen LogP contribution in [0.15, 0.2) is 10.6 Å². The maximum atomic E-state index is 11.4. The standard InChI is InChI=1S/C5H5F2NO2/c1-3-2-4(8-10-3)9-5(6)7/h2,5H,1H3. The van der Waals surface area contributed by atoms with Crippen molar-refractivity contribution in [2.24, 2.45) is 0 Å². The predicted octanol–water partition coefficient (Wildman–Crippen LogP) is 1.58. The van der Waals surface area contributed by atoms with Gasteiger partial charge in [0.25, 0.3) is 5.88 Å². The molecular weight excluding hydrogens is 144 g/mol. The van der Waals surface area contributed by atoms with Gasteiger partial charge >= 0.3 is 6.61 Å². The number of hydrogen-bond acceptors (Lipinski definition) is 3. The molecule has 0 aliphatic rings. The van der Waals surface area contributed by atoms with E-state index in [-0.39, 0.29) is 5.88 Å². The Hall–Kier alpha value is -1.13. The molecule has 1 rings (SSSR count). The smallest absolute Gasteiger partial charge is 0.388 e. The maximum absolute atomic E-state index is 11.4. The third-order valence-electron chi connectivity index (χ3n) is 0.816. The zero-order chi connectivity index (χ0) is 7.56. The summed E-state index contributed by atoms with van der Waals surface area (Å²) in [5, 5.41) is 3.18. The molecule has 0 fully saturated rings. The van der Waals surface area contributed by atoms with Crippen LogP contribution in [0.25, 0.3) is 0 Å². The van der Waals surface area contributed by atoms with Crippen LogP contribution in [0, 0.1) is 6.92 Å². The Morgan fingerprint density at radius 2 is 2.40 bits per heavy atom. The fourth-order valence-electron chi connectivity index (χ4n) is 0.490. The molecule has 0 saturated carbocycles. The van der Waals surface area contributed by atoms with Gasteiger partial charge in [-0.25, -0.2) is 0 Å². The quantitative estimate of drug-likeness (QED) is 0.640. The van der Waals surface area contributed by atoms with Gasteiger partial charge < -0.3 is 9.26 Å². The van der Waals surface area contributed by atoms with Gasteiger partial charge in [-0.15, -0.1) is 0 Å². The second-order valence-electron chi connectivity index (χ2n) is 1.65. The molecule has 1 heterocycles. The van der Waals surface area contributed by atoms with E-state index in [0.29, 0.717) is 5.76 Å². The van der Waals surface area contributed by atoms with Crippen molar-refractivity contribution in [3.63, 3.8) is 0 Å². The molecular formula is C5H5F2NO2. The molecule has 0 spiro atoms. The highest BCUT2D eigenvalue weighted by Gasteiger charge is 2.07. The van der Waals surface area contributed by atoms with Gasteiger partial charge in [0.2, 0.25) is 0 Å². The van der Waals surface area contributed by atoms with Crippen molar-refractivity contribution in [2.45, 2.75) is 13.5 Å². The van der Waals surface area contributed by atoms with Crippen LogP contribution in [0.5, 0.6) is 5.88 Å². The summed E-state index contributed by atoms with van der Waals surface area (Å²) in [5.41, 5.74) is 0. The number of ether oxygens (including phenoxy) is 1. The molecule has 0 aliphatic carbocycles. The summed E-state index contributed by atoms with van der Waals surface area (Å²) in [6.45, 7) is -1.25. The molecule has 0 aromatic carbocycles. The van der Waals surface area contributed by atoms with Crippen molar-refractivity contribution < 1.29 is 18.0 Å². The highest BCUT2D eigenvalue weighted by Crippen LogP contribution is 2.12. The first-order valence-electron chi connectivity index (χ1n) is 2.56. The zero-order valence-corrected chi connectivity index (χ0v) is 5.17. The molecule has 1 aromatic rings. The van der Waals surface area contributed by atoms with Crippen molar-refractivity contribution in [3.8, 4) is 5.88 Å². The average Bonchev–Trinajstić information content (AvgIpc) is 2.13. The largest absolute Gasteiger partial charge is 0.414 e. The van der Waals surface area contributed by atoms with Crippen LogP contribution < -0.4 is 4.74 Å². The molecule has 0 saturated heterocycles. The predicted molar refractivity (Wildman–Crippen MR) is 27.9 cm³/mol. The number of alkyl halides is 2. The van der Waals surface area contributed by atoms with E-state index in [2.05, 4.69) is 14.4 Å². The fourth-order valence-corrected chi connectivity index (χ4v) is 0.490. The first-order valence-corrected chi connectivity index (χ1v) is 2.56. The van der Waals surface area contributed by atoms with E-state index in [1.165, 1.54) is 6.07 Å². The fraction of sp³-hybridized carbons (Fsp3) is 0.400. The van der Waals surface area contributed by atoms with Gasteiger partial charge in [-0.1, -0.05) is 0 Å². The maximum Gasteiger partial charge on any atom is 0.388 e. The summed E-state index contributed by atoms with van der Waals surface area (Å²) >= 11 is 0. The van der Waals surface area contributed by atoms with Gasteiger partial charge in [-0.3, -0.25) is 0 Å². The second kappa shape index (κ2) is 2.64. The zero-order valence-electron chi connectivity index (χ0n) is 5.17. The van der Waals surface area contributed by atoms with Crippen LogP contribution in [-0.4, -0.2) is 11.8 Å². The van der Waals surface area contributed by atoms with Crippen LogP contribution in [-0.2, 0) is 0 Å². The molecule has 0 amide bonds. The number of rotatable bonds is 2. The minimum atomic E-state index is -2.84. The summed E-state index contributed by atoms with van der Waals surface area (Å²) in [6, 6.07) is 1.28. The number of aryl methyl sites for hydroxylation is 1. The minimum absolute atomic E-state index is 0.187. The number of halogens is 2. The lowest BCUT2D eigenvalue weighted by Gasteiger charge is -1.95. The molecule has 0 N–H and O–H groups in total. The van der Waals surface area contributed by atoms with E-state index >= 15 is 0 Å². The Bertz CT molecular complexity index is 211. The van der Waals surface area contributed by atoms with Crippen LogP contribution in [0.3, 0.4) is 0 Å². The molecule has 0 aliphatic heterocycles. The van der Waals surface area contributed by atoms with Crippen LogP contribution in [0.4, 0.5) is 8.78 Å². The lowest BCUT2D eigenvalue weighted by molar-refractivity contribution is -0.0545. The summed E-state index contributed by atoms with van der Waals surface area (Å²) in [7, 11) is 0. The van der Waals surface area contributed by atoms with E-state index in [1.807, 2.05) is 0 Å². The molecule has 0 radical (unpaired) electrons. The molecule has 3 nitrogen and oxygen atoms in total. The summed E-state index contributed by atoms with van der Waals surface area (Å²) in [4.78, 5) is 0. The van der Waals surface area contributed by atoms with Gasteiger partial charge in [-0.05, 0) is 12.1 Å². The Labute approximate surface area is 55.6 Å². The van der Waals surface area contributed by atoms with E-state index in [4.69, 9.17) is 0 Å². The molecule has 5 heteroatoms. The second-order valence-corrected chi connectivity index (χ2v) is 1.65. The lowest BCUT2D eigenvalue weighted by atomic mass is 10.5. The van der Waals surface area contributed by atoms with E-state index < -0.39 is 6.61 Å². The molecule has 0 bridgehead atoms. The first-order chi connectivity index (χ1) is 4.68. The van der Waals surface area contributed by atoms with Gasteiger partial charge in [0.05, 0.1) is 0 Å². The third kappa shape index (κ3) is 1.68. The number of hydrogen-bond donors (Lipinski definition) is 0. The first kappa shape index (κ1) is 6.98. The van der Waals surface area contributed by atoms with Gasteiger partial charge in [0.1, 0.15) is 5.76 Å². The molecule has 1 aromatic heterocycles. The molecule has 0 atom stereocenters. The molecule has 10 heavy (non-hydrogen) atoms. The normalized spacial score (nSPS) is 10.4. The summed E-state index contributed by atoms with van der Waals surface area (Å²) in [5.74, 6) is 0.253. The molecule has 56 valence electrons. The van der Waals surface area contributed by atoms with Crippen LogP contribution in [0.2, 0.25) is 0 Å². The highest BCUT2D eigenvalue weighted by molar-refractivity contribution is 5.09. The molecule has 0 unspecified atom stereocenters. The van der Waals surface area contributed by atoms with E-state index in [0.717, 1.165) is 0 Å². The summed E-state index contributed by atoms with van der Waals surface area (Å²) in [6.07, 6.45) is 0. The SMILES string of the molecule is Cc1cc(OC(F)F)no1.